The van der Waals surface area contributed by atoms with Crippen molar-refractivity contribution in [3.05, 3.63) is 29.6 Å². The van der Waals surface area contributed by atoms with Gasteiger partial charge in [0, 0.05) is 38.5 Å². The molecular formula is C16H25FN2O. The summed E-state index contributed by atoms with van der Waals surface area (Å²) in [5, 5.41) is 0. The largest absolute Gasteiger partial charge is 0.384 e. The molecule has 0 spiro atoms. The van der Waals surface area contributed by atoms with Crippen molar-refractivity contribution in [2.45, 2.75) is 32.2 Å². The Labute approximate surface area is 120 Å². The summed E-state index contributed by atoms with van der Waals surface area (Å²) in [7, 11) is 1.76. The summed E-state index contributed by atoms with van der Waals surface area (Å²) in [5.41, 5.74) is 8.03. The molecule has 112 valence electrons. The third-order valence-corrected chi connectivity index (χ3v) is 3.94. The lowest BCUT2D eigenvalue weighted by Gasteiger charge is -2.34. The molecule has 0 aliphatic carbocycles. The van der Waals surface area contributed by atoms with Crippen molar-refractivity contribution in [1.82, 2.24) is 0 Å². The number of halogens is 1. The highest BCUT2D eigenvalue weighted by Crippen LogP contribution is 2.28. The van der Waals surface area contributed by atoms with E-state index < -0.39 is 0 Å². The molecule has 1 heterocycles. The highest BCUT2D eigenvalue weighted by molar-refractivity contribution is 5.54. The predicted octanol–water partition coefficient (Wildman–Crippen LogP) is 2.58. The molecule has 3 nitrogen and oxygen atoms in total. The standard InChI is InChI=1S/C16H25FN2O/c1-12(18)9-14-10-15(17)3-4-16(14)19-7-5-13(6-8-19)11-20-2/h3-4,10,12-13H,5-9,11,18H2,1-2H3. The van der Waals surface area contributed by atoms with Crippen LogP contribution in [0.25, 0.3) is 0 Å². The van der Waals surface area contributed by atoms with Crippen LogP contribution in [0.4, 0.5) is 10.1 Å². The van der Waals surface area contributed by atoms with E-state index in [0.29, 0.717) is 12.3 Å². The lowest BCUT2D eigenvalue weighted by Crippen LogP contribution is -2.36. The SMILES string of the molecule is COCC1CCN(c2ccc(F)cc2CC(C)N)CC1. The first kappa shape index (κ1) is 15.3. The van der Waals surface area contributed by atoms with E-state index in [9.17, 15) is 4.39 Å². The molecule has 4 heteroatoms. The number of rotatable bonds is 5. The average molecular weight is 280 g/mol. The van der Waals surface area contributed by atoms with Crippen LogP contribution in [0.3, 0.4) is 0 Å². The van der Waals surface area contributed by atoms with Crippen LogP contribution in [-0.4, -0.2) is 32.8 Å². The van der Waals surface area contributed by atoms with Crippen molar-refractivity contribution in [2.75, 3.05) is 31.7 Å². The number of nitrogens with zero attached hydrogens (tertiary/aromatic N) is 1. The molecule has 1 aliphatic rings. The van der Waals surface area contributed by atoms with E-state index in [0.717, 1.165) is 43.8 Å². The summed E-state index contributed by atoms with van der Waals surface area (Å²) in [6.07, 6.45) is 2.97. The summed E-state index contributed by atoms with van der Waals surface area (Å²) in [4.78, 5) is 2.35. The summed E-state index contributed by atoms with van der Waals surface area (Å²) in [5.74, 6) is 0.465. The first-order valence-electron chi connectivity index (χ1n) is 7.38. The van der Waals surface area contributed by atoms with Gasteiger partial charge in [-0.1, -0.05) is 0 Å². The topological polar surface area (TPSA) is 38.5 Å². The Morgan fingerprint density at radius 3 is 2.70 bits per heavy atom. The van der Waals surface area contributed by atoms with Crippen LogP contribution in [0.2, 0.25) is 0 Å². The average Bonchev–Trinajstić information content (AvgIpc) is 2.40. The first-order chi connectivity index (χ1) is 9.60. The van der Waals surface area contributed by atoms with E-state index in [-0.39, 0.29) is 11.9 Å². The van der Waals surface area contributed by atoms with Gasteiger partial charge in [0.1, 0.15) is 5.82 Å². The molecule has 0 amide bonds. The maximum Gasteiger partial charge on any atom is 0.123 e. The van der Waals surface area contributed by atoms with Gasteiger partial charge in [0.15, 0.2) is 0 Å². The zero-order valence-corrected chi connectivity index (χ0v) is 12.4. The quantitative estimate of drug-likeness (QED) is 0.901. The van der Waals surface area contributed by atoms with Crippen LogP contribution in [0.5, 0.6) is 0 Å². The van der Waals surface area contributed by atoms with Gasteiger partial charge in [0.2, 0.25) is 0 Å². The molecule has 0 bridgehead atoms. The maximum atomic E-state index is 13.5. The number of hydrogen-bond acceptors (Lipinski definition) is 3. The maximum absolute atomic E-state index is 13.5. The van der Waals surface area contributed by atoms with E-state index >= 15 is 0 Å². The van der Waals surface area contributed by atoms with Gasteiger partial charge < -0.3 is 15.4 Å². The summed E-state index contributed by atoms with van der Waals surface area (Å²) in [6, 6.07) is 5.10. The minimum Gasteiger partial charge on any atom is -0.384 e. The highest BCUT2D eigenvalue weighted by Gasteiger charge is 2.21. The normalized spacial score (nSPS) is 18.3. The van der Waals surface area contributed by atoms with Gasteiger partial charge in [0.05, 0.1) is 0 Å². The van der Waals surface area contributed by atoms with Crippen molar-refractivity contribution < 1.29 is 9.13 Å². The Bertz CT molecular complexity index is 428. The van der Waals surface area contributed by atoms with Crippen LogP contribution in [0, 0.1) is 11.7 Å². The molecule has 2 N–H and O–H groups in total. The fourth-order valence-electron chi connectivity index (χ4n) is 2.95. The molecule has 0 saturated carbocycles. The second-order valence-electron chi connectivity index (χ2n) is 5.84. The Hall–Kier alpha value is -1.13. The monoisotopic (exact) mass is 280 g/mol. The minimum absolute atomic E-state index is 0.0431. The molecule has 1 fully saturated rings. The van der Waals surface area contributed by atoms with Crippen molar-refractivity contribution in [3.63, 3.8) is 0 Å². The molecule has 2 rings (SSSR count). The molecule has 1 aromatic rings. The lowest BCUT2D eigenvalue weighted by molar-refractivity contribution is 0.139. The second kappa shape index (κ2) is 7.04. The van der Waals surface area contributed by atoms with Crippen molar-refractivity contribution in [3.8, 4) is 0 Å². The zero-order chi connectivity index (χ0) is 14.5. The molecule has 1 atom stereocenters. The fraction of sp³-hybridized carbons (Fsp3) is 0.625. The highest BCUT2D eigenvalue weighted by atomic mass is 19.1. The third kappa shape index (κ3) is 3.93. The van der Waals surface area contributed by atoms with Crippen LogP contribution in [0.15, 0.2) is 18.2 Å². The number of nitrogens with two attached hydrogens (primary N) is 1. The Kier molecular flexibility index (Phi) is 5.38. The number of methoxy groups -OCH3 is 1. The first-order valence-corrected chi connectivity index (χ1v) is 7.38. The van der Waals surface area contributed by atoms with Crippen LogP contribution >= 0.6 is 0 Å². The van der Waals surface area contributed by atoms with Gasteiger partial charge in [-0.15, -0.1) is 0 Å². The molecule has 1 saturated heterocycles. The van der Waals surface area contributed by atoms with Gasteiger partial charge in [0.25, 0.3) is 0 Å². The predicted molar refractivity (Wildman–Crippen MR) is 80.6 cm³/mol. The van der Waals surface area contributed by atoms with Crippen molar-refractivity contribution in [1.29, 1.82) is 0 Å². The van der Waals surface area contributed by atoms with E-state index in [4.69, 9.17) is 10.5 Å². The van der Waals surface area contributed by atoms with Gasteiger partial charge in [-0.3, -0.25) is 0 Å². The Balaban J connectivity index is 2.09. The number of benzene rings is 1. The molecule has 20 heavy (non-hydrogen) atoms. The third-order valence-electron chi connectivity index (χ3n) is 3.94. The van der Waals surface area contributed by atoms with Crippen molar-refractivity contribution in [2.24, 2.45) is 11.7 Å². The van der Waals surface area contributed by atoms with Crippen LogP contribution in [-0.2, 0) is 11.2 Å². The number of piperidine rings is 1. The lowest BCUT2D eigenvalue weighted by atomic mass is 9.96. The van der Waals surface area contributed by atoms with Crippen LogP contribution in [0.1, 0.15) is 25.3 Å². The smallest absolute Gasteiger partial charge is 0.123 e. The van der Waals surface area contributed by atoms with Crippen molar-refractivity contribution >= 4 is 5.69 Å². The van der Waals surface area contributed by atoms with E-state index in [2.05, 4.69) is 4.90 Å². The molecule has 0 aromatic heterocycles. The molecule has 1 unspecified atom stereocenters. The van der Waals surface area contributed by atoms with E-state index in [1.807, 2.05) is 13.0 Å². The van der Waals surface area contributed by atoms with E-state index in [1.165, 1.54) is 0 Å². The summed E-state index contributed by atoms with van der Waals surface area (Å²) < 4.78 is 18.7. The summed E-state index contributed by atoms with van der Waals surface area (Å²) in [6.45, 7) is 4.81. The molecule has 1 aromatic carbocycles. The second-order valence-corrected chi connectivity index (χ2v) is 5.84. The number of hydrogen-bond donors (Lipinski definition) is 1. The van der Waals surface area contributed by atoms with Gasteiger partial charge in [-0.2, -0.15) is 0 Å². The fourth-order valence-corrected chi connectivity index (χ4v) is 2.95. The van der Waals surface area contributed by atoms with Gasteiger partial charge >= 0.3 is 0 Å². The Morgan fingerprint density at radius 1 is 1.40 bits per heavy atom. The minimum atomic E-state index is -0.182. The van der Waals surface area contributed by atoms with E-state index in [1.54, 1.807) is 19.2 Å². The van der Waals surface area contributed by atoms with Gasteiger partial charge in [-0.25, -0.2) is 4.39 Å². The van der Waals surface area contributed by atoms with Crippen LogP contribution < -0.4 is 10.6 Å². The summed E-state index contributed by atoms with van der Waals surface area (Å²) >= 11 is 0. The number of ether oxygens (including phenoxy) is 1. The van der Waals surface area contributed by atoms with Gasteiger partial charge in [-0.05, 0) is 55.9 Å². The molecule has 1 aliphatic heterocycles. The Morgan fingerprint density at radius 2 is 2.10 bits per heavy atom. The zero-order valence-electron chi connectivity index (χ0n) is 12.4. The molecule has 0 radical (unpaired) electrons. The number of anilines is 1. The molecular weight excluding hydrogens is 255 g/mol.